The van der Waals surface area contributed by atoms with Crippen LogP contribution in [0.5, 0.6) is 5.75 Å². The highest BCUT2D eigenvalue weighted by molar-refractivity contribution is 6.13. The van der Waals surface area contributed by atoms with E-state index in [1.165, 1.54) is 0 Å². The maximum atomic E-state index is 12.5. The molecule has 0 radical (unpaired) electrons. The van der Waals surface area contributed by atoms with Crippen LogP contribution < -0.4 is 10.1 Å². The molecule has 0 saturated carbocycles. The summed E-state index contributed by atoms with van der Waals surface area (Å²) in [6.07, 6.45) is -4.74. The van der Waals surface area contributed by atoms with E-state index in [1.54, 1.807) is 25.1 Å². The van der Waals surface area contributed by atoms with Crippen molar-refractivity contribution in [2.45, 2.75) is 83.8 Å². The van der Waals surface area contributed by atoms with E-state index in [4.69, 9.17) is 14.2 Å². The number of hydrogen-bond donors (Lipinski definition) is 5. The molecule has 3 rings (SSSR count). The highest BCUT2D eigenvalue weighted by atomic mass is 16.7. The van der Waals surface area contributed by atoms with Crippen LogP contribution in [-0.2, 0) is 46.5 Å². The molecular formula is C30H40N2O12. The molecule has 0 bridgehead atoms. The Labute approximate surface area is 254 Å². The third-order valence-corrected chi connectivity index (χ3v) is 7.60. The Hall–Kier alpha value is -3.85. The number of rotatable bonds is 15. The number of benzene rings is 1. The van der Waals surface area contributed by atoms with Gasteiger partial charge in [-0.05, 0) is 42.9 Å². The maximum absolute atomic E-state index is 12.5. The fourth-order valence-electron chi connectivity index (χ4n) is 4.48. The van der Waals surface area contributed by atoms with Crippen molar-refractivity contribution in [2.75, 3.05) is 13.1 Å². The van der Waals surface area contributed by atoms with E-state index in [9.17, 15) is 44.4 Å². The standard InChI is InChI=1S/C30H40N2O12/c1-16(2)17(3)29(41)42-15-19-14-18(6-4-5-12-31-21(33)11-13-32-22(34)9-10-23(32)35)7-8-20(19)43-30-26(38)24(36)25(37)27(44-30)28(39)40/h7-10,14,16-17,24-27,30,36-38H,4-6,11-13,15H2,1-3H3,(H,31,33)(H,39,40)/t17?,24-,25-,26+,27-,30+/m0/s1. The van der Waals surface area contributed by atoms with Gasteiger partial charge in [-0.2, -0.15) is 0 Å². The van der Waals surface area contributed by atoms with Crippen LogP contribution in [0.4, 0.5) is 0 Å². The monoisotopic (exact) mass is 620 g/mol. The highest BCUT2D eigenvalue weighted by Gasteiger charge is 2.48. The number of esters is 1. The summed E-state index contributed by atoms with van der Waals surface area (Å²) in [4.78, 5) is 60.3. The molecule has 6 atom stereocenters. The van der Waals surface area contributed by atoms with Gasteiger partial charge in [-0.25, -0.2) is 4.79 Å². The topological polar surface area (TPSA) is 209 Å². The van der Waals surface area contributed by atoms with E-state index in [1.807, 2.05) is 13.8 Å². The molecule has 14 nitrogen and oxygen atoms in total. The van der Waals surface area contributed by atoms with E-state index in [2.05, 4.69) is 5.32 Å². The van der Waals surface area contributed by atoms with Gasteiger partial charge in [0.05, 0.1) is 5.92 Å². The molecule has 242 valence electrons. The third kappa shape index (κ3) is 9.08. The molecule has 0 aromatic heterocycles. The molecule has 2 aliphatic rings. The summed E-state index contributed by atoms with van der Waals surface area (Å²) in [5, 5.41) is 42.6. The van der Waals surface area contributed by atoms with Gasteiger partial charge in [-0.3, -0.25) is 24.1 Å². The number of imide groups is 1. The lowest BCUT2D eigenvalue weighted by molar-refractivity contribution is -0.271. The second-order valence-electron chi connectivity index (χ2n) is 11.2. The number of hydrogen-bond acceptors (Lipinski definition) is 11. The van der Waals surface area contributed by atoms with Crippen LogP contribution in [0.3, 0.4) is 0 Å². The zero-order valence-corrected chi connectivity index (χ0v) is 24.9. The molecule has 2 aliphatic heterocycles. The summed E-state index contributed by atoms with van der Waals surface area (Å²) >= 11 is 0. The molecule has 1 fully saturated rings. The number of carboxylic acid groups (broad SMARTS) is 1. The first-order valence-corrected chi connectivity index (χ1v) is 14.5. The average Bonchev–Trinajstić information content (AvgIpc) is 3.31. The van der Waals surface area contributed by atoms with Gasteiger partial charge in [-0.1, -0.05) is 26.8 Å². The molecule has 44 heavy (non-hydrogen) atoms. The maximum Gasteiger partial charge on any atom is 0.335 e. The number of aryl methyl sites for hydroxylation is 1. The van der Waals surface area contributed by atoms with Crippen LogP contribution in [0.25, 0.3) is 0 Å². The number of unbranched alkanes of at least 4 members (excludes halogenated alkanes) is 1. The number of amides is 3. The Morgan fingerprint density at radius 2 is 1.68 bits per heavy atom. The van der Waals surface area contributed by atoms with E-state index >= 15 is 0 Å². The lowest BCUT2D eigenvalue weighted by Crippen LogP contribution is -2.61. The second-order valence-corrected chi connectivity index (χ2v) is 11.2. The van der Waals surface area contributed by atoms with Gasteiger partial charge in [0.1, 0.15) is 30.7 Å². The summed E-state index contributed by atoms with van der Waals surface area (Å²) in [5.74, 6) is -3.35. The smallest absolute Gasteiger partial charge is 0.335 e. The number of nitrogens with zero attached hydrogens (tertiary/aromatic N) is 1. The van der Waals surface area contributed by atoms with Crippen LogP contribution in [0.2, 0.25) is 0 Å². The van der Waals surface area contributed by atoms with Gasteiger partial charge in [0.15, 0.2) is 6.10 Å². The molecular weight excluding hydrogens is 580 g/mol. The molecule has 5 N–H and O–H groups in total. The molecule has 3 amide bonds. The first kappa shape index (κ1) is 34.6. The highest BCUT2D eigenvalue weighted by Crippen LogP contribution is 2.29. The van der Waals surface area contributed by atoms with Crippen LogP contribution >= 0.6 is 0 Å². The largest absolute Gasteiger partial charge is 0.479 e. The molecule has 1 aromatic rings. The van der Waals surface area contributed by atoms with Crippen molar-refractivity contribution in [3.63, 3.8) is 0 Å². The SMILES string of the molecule is CC(C)C(C)C(=O)OCc1cc(CCCCNC(=O)CCN2C(=O)C=CC2=O)ccc1O[C@@H]1O[C@H](C(=O)O)[C@@H](O)[C@H](O)[C@H]1O. The fourth-order valence-corrected chi connectivity index (χ4v) is 4.48. The van der Waals surface area contributed by atoms with Gasteiger partial charge in [0.25, 0.3) is 11.8 Å². The van der Waals surface area contributed by atoms with E-state index in [0.717, 1.165) is 22.6 Å². The Morgan fingerprint density at radius 1 is 1.00 bits per heavy atom. The molecule has 0 aliphatic carbocycles. The number of ether oxygens (including phenoxy) is 3. The first-order valence-electron chi connectivity index (χ1n) is 14.5. The molecule has 14 heteroatoms. The van der Waals surface area contributed by atoms with Crippen LogP contribution in [0.1, 0.15) is 51.2 Å². The van der Waals surface area contributed by atoms with Gasteiger partial charge in [0, 0.05) is 37.2 Å². The molecule has 1 saturated heterocycles. The summed E-state index contributed by atoms with van der Waals surface area (Å²) in [6.45, 7) is 5.71. The van der Waals surface area contributed by atoms with E-state index in [0.29, 0.717) is 31.4 Å². The van der Waals surface area contributed by atoms with Gasteiger partial charge in [-0.15, -0.1) is 0 Å². The molecule has 2 heterocycles. The Kier molecular flexibility index (Phi) is 12.4. The van der Waals surface area contributed by atoms with Gasteiger partial charge >= 0.3 is 11.9 Å². The Morgan fingerprint density at radius 3 is 2.32 bits per heavy atom. The quantitative estimate of drug-likeness (QED) is 0.100. The zero-order chi connectivity index (χ0) is 32.6. The summed E-state index contributed by atoms with van der Waals surface area (Å²) in [5.41, 5.74) is 1.25. The molecule has 1 aromatic carbocycles. The van der Waals surface area contributed by atoms with E-state index in [-0.39, 0.29) is 43.1 Å². The van der Waals surface area contributed by atoms with Gasteiger partial charge in [0.2, 0.25) is 12.2 Å². The normalized spacial score (nSPS) is 24.0. The second kappa shape index (κ2) is 15.7. The number of aliphatic carboxylic acids is 1. The summed E-state index contributed by atoms with van der Waals surface area (Å²) in [6, 6.07) is 5.00. The number of aliphatic hydroxyl groups is 3. The number of carbonyl (C=O) groups is 5. The van der Waals surface area contributed by atoms with Crippen molar-refractivity contribution >= 4 is 29.7 Å². The van der Waals surface area contributed by atoms with Crippen molar-refractivity contribution in [2.24, 2.45) is 11.8 Å². The lowest BCUT2D eigenvalue weighted by Gasteiger charge is -2.38. The number of carboxylic acids is 1. The minimum atomic E-state index is -1.87. The summed E-state index contributed by atoms with van der Waals surface area (Å²) in [7, 11) is 0. The van der Waals surface area contributed by atoms with Crippen molar-refractivity contribution in [1.82, 2.24) is 10.2 Å². The first-order chi connectivity index (χ1) is 20.8. The number of nitrogens with one attached hydrogen (secondary N) is 1. The van der Waals surface area contributed by atoms with Crippen molar-refractivity contribution in [3.05, 3.63) is 41.5 Å². The van der Waals surface area contributed by atoms with Crippen LogP contribution in [-0.4, -0.2) is 98.8 Å². The fraction of sp³-hybridized carbons (Fsp3) is 0.567. The molecule has 0 spiro atoms. The average molecular weight is 621 g/mol. The van der Waals surface area contributed by atoms with Crippen LogP contribution in [0, 0.1) is 11.8 Å². The molecule has 1 unspecified atom stereocenters. The van der Waals surface area contributed by atoms with Crippen molar-refractivity contribution in [3.8, 4) is 5.75 Å². The lowest BCUT2D eigenvalue weighted by atomic mass is 9.98. The minimum Gasteiger partial charge on any atom is -0.479 e. The minimum absolute atomic E-state index is 0.000729. The zero-order valence-electron chi connectivity index (χ0n) is 24.9. The van der Waals surface area contributed by atoms with Crippen molar-refractivity contribution in [1.29, 1.82) is 0 Å². The summed E-state index contributed by atoms with van der Waals surface area (Å²) < 4.78 is 16.5. The Bertz CT molecular complexity index is 1230. The number of aliphatic hydroxyl groups excluding tert-OH is 3. The predicted molar refractivity (Wildman–Crippen MR) is 152 cm³/mol. The van der Waals surface area contributed by atoms with Crippen LogP contribution in [0.15, 0.2) is 30.4 Å². The van der Waals surface area contributed by atoms with Gasteiger partial charge < -0.3 is 40.0 Å². The Balaban J connectivity index is 1.60. The van der Waals surface area contributed by atoms with E-state index < -0.39 is 54.5 Å². The predicted octanol–water partition coefficient (Wildman–Crippen LogP) is 0.0469. The number of carbonyl (C=O) groups excluding carboxylic acids is 4. The third-order valence-electron chi connectivity index (χ3n) is 7.60. The van der Waals surface area contributed by atoms with Crippen molar-refractivity contribution < 1.29 is 58.6 Å².